The van der Waals surface area contributed by atoms with Gasteiger partial charge < -0.3 is 10.2 Å². The van der Waals surface area contributed by atoms with E-state index in [1.165, 1.54) is 12.0 Å². The topological polar surface area (TPSA) is 41.1 Å². The van der Waals surface area contributed by atoms with Gasteiger partial charge in [0.25, 0.3) is 0 Å². The predicted molar refractivity (Wildman–Crippen MR) is 82.9 cm³/mol. The zero-order chi connectivity index (χ0) is 14.3. The van der Waals surface area contributed by atoms with Crippen LogP contribution >= 0.6 is 0 Å². The summed E-state index contributed by atoms with van der Waals surface area (Å²) in [7, 11) is 0. The van der Waals surface area contributed by atoms with Crippen LogP contribution in [0.4, 0.5) is 11.6 Å². The van der Waals surface area contributed by atoms with Gasteiger partial charge in [0.15, 0.2) is 0 Å². The Bertz CT molecular complexity index is 378. The van der Waals surface area contributed by atoms with E-state index in [0.717, 1.165) is 37.7 Å². The third-order valence-electron chi connectivity index (χ3n) is 3.53. The van der Waals surface area contributed by atoms with Crippen LogP contribution in [0.3, 0.4) is 0 Å². The number of anilines is 2. The second-order valence-corrected chi connectivity index (χ2v) is 4.96. The van der Waals surface area contributed by atoms with E-state index < -0.39 is 0 Å². The molecule has 0 saturated heterocycles. The van der Waals surface area contributed by atoms with Crippen LogP contribution in [0.5, 0.6) is 0 Å². The zero-order valence-electron chi connectivity index (χ0n) is 13.0. The van der Waals surface area contributed by atoms with Gasteiger partial charge >= 0.3 is 0 Å². The fraction of sp³-hybridized carbons (Fsp3) is 0.733. The Morgan fingerprint density at radius 2 is 1.95 bits per heavy atom. The smallest absolute Gasteiger partial charge is 0.137 e. The first kappa shape index (κ1) is 15.7. The molecule has 19 heavy (non-hydrogen) atoms. The van der Waals surface area contributed by atoms with Gasteiger partial charge in [-0.2, -0.15) is 0 Å². The molecular weight excluding hydrogens is 236 g/mol. The molecule has 0 amide bonds. The fourth-order valence-corrected chi connectivity index (χ4v) is 2.19. The summed E-state index contributed by atoms with van der Waals surface area (Å²) in [5, 5.41) is 3.34. The molecular formula is C15H28N4. The maximum atomic E-state index is 4.53. The minimum atomic E-state index is 0.683. The molecule has 0 aliphatic carbocycles. The molecule has 1 rings (SSSR count). The first-order valence-electron chi connectivity index (χ1n) is 7.50. The summed E-state index contributed by atoms with van der Waals surface area (Å²) in [6.07, 6.45) is 3.82. The molecule has 108 valence electrons. The van der Waals surface area contributed by atoms with E-state index in [9.17, 15) is 0 Å². The van der Waals surface area contributed by atoms with Crippen molar-refractivity contribution in [1.82, 2.24) is 9.97 Å². The Balaban J connectivity index is 3.05. The molecule has 1 N–H and O–H groups in total. The van der Waals surface area contributed by atoms with Gasteiger partial charge in [-0.25, -0.2) is 9.97 Å². The number of nitrogens with zero attached hydrogens (tertiary/aromatic N) is 3. The molecule has 0 bridgehead atoms. The van der Waals surface area contributed by atoms with Crippen LogP contribution < -0.4 is 10.2 Å². The SMILES string of the molecule is CCNc1ncnc(N(CC)CC(C)CC)c1CC. The zero-order valence-corrected chi connectivity index (χ0v) is 13.0. The van der Waals surface area contributed by atoms with Crippen LogP contribution in [-0.2, 0) is 6.42 Å². The molecule has 0 aliphatic rings. The lowest BCUT2D eigenvalue weighted by atomic mass is 10.1. The van der Waals surface area contributed by atoms with Crippen LogP contribution in [0.25, 0.3) is 0 Å². The van der Waals surface area contributed by atoms with E-state index in [1.54, 1.807) is 6.33 Å². The van der Waals surface area contributed by atoms with Crippen LogP contribution in [0.2, 0.25) is 0 Å². The van der Waals surface area contributed by atoms with Crippen LogP contribution in [0.15, 0.2) is 6.33 Å². The van der Waals surface area contributed by atoms with Gasteiger partial charge in [-0.3, -0.25) is 0 Å². The van der Waals surface area contributed by atoms with Gasteiger partial charge in [0.2, 0.25) is 0 Å². The van der Waals surface area contributed by atoms with Gasteiger partial charge in [0.1, 0.15) is 18.0 Å². The Hall–Kier alpha value is -1.32. The Kier molecular flexibility index (Phi) is 6.60. The summed E-state index contributed by atoms with van der Waals surface area (Å²) in [5.41, 5.74) is 1.23. The summed E-state index contributed by atoms with van der Waals surface area (Å²) >= 11 is 0. The van der Waals surface area contributed by atoms with Crippen molar-refractivity contribution in [2.75, 3.05) is 29.9 Å². The Morgan fingerprint density at radius 3 is 2.47 bits per heavy atom. The highest BCUT2D eigenvalue weighted by Gasteiger charge is 2.16. The molecule has 0 aliphatic heterocycles. The molecule has 1 heterocycles. The molecule has 0 saturated carbocycles. The van der Waals surface area contributed by atoms with Crippen LogP contribution in [0, 0.1) is 5.92 Å². The lowest BCUT2D eigenvalue weighted by molar-refractivity contribution is 0.544. The average molecular weight is 264 g/mol. The van der Waals surface area contributed by atoms with Crippen LogP contribution in [-0.4, -0.2) is 29.6 Å². The van der Waals surface area contributed by atoms with E-state index in [4.69, 9.17) is 0 Å². The number of aromatic nitrogens is 2. The van der Waals surface area contributed by atoms with Gasteiger partial charge in [0, 0.05) is 25.2 Å². The van der Waals surface area contributed by atoms with E-state index in [0.29, 0.717) is 5.92 Å². The van der Waals surface area contributed by atoms with Crippen LogP contribution in [0.1, 0.15) is 46.6 Å². The number of rotatable bonds is 8. The Labute approximate surface area is 117 Å². The first-order valence-corrected chi connectivity index (χ1v) is 7.50. The third-order valence-corrected chi connectivity index (χ3v) is 3.53. The maximum absolute atomic E-state index is 4.53. The molecule has 4 heteroatoms. The van der Waals surface area contributed by atoms with Gasteiger partial charge in [0.05, 0.1) is 0 Å². The van der Waals surface area contributed by atoms with Crippen molar-refractivity contribution < 1.29 is 0 Å². The predicted octanol–water partition coefficient (Wildman–Crippen LogP) is 3.34. The number of hydrogen-bond acceptors (Lipinski definition) is 4. The monoisotopic (exact) mass is 264 g/mol. The first-order chi connectivity index (χ1) is 9.17. The van der Waals surface area contributed by atoms with Gasteiger partial charge in [-0.15, -0.1) is 0 Å². The minimum Gasteiger partial charge on any atom is -0.370 e. The Morgan fingerprint density at radius 1 is 1.21 bits per heavy atom. The highest BCUT2D eigenvalue weighted by molar-refractivity contribution is 5.58. The lowest BCUT2D eigenvalue weighted by Gasteiger charge is -2.27. The minimum absolute atomic E-state index is 0.683. The van der Waals surface area contributed by atoms with Crippen molar-refractivity contribution in [3.8, 4) is 0 Å². The molecule has 0 fully saturated rings. The highest BCUT2D eigenvalue weighted by atomic mass is 15.2. The average Bonchev–Trinajstić information content (AvgIpc) is 2.44. The normalized spacial score (nSPS) is 12.3. The van der Waals surface area contributed by atoms with Crippen molar-refractivity contribution >= 4 is 11.6 Å². The molecule has 0 radical (unpaired) electrons. The molecule has 1 atom stereocenters. The summed E-state index contributed by atoms with van der Waals surface area (Å²) in [6.45, 7) is 13.9. The molecule has 1 unspecified atom stereocenters. The van der Waals surface area contributed by atoms with E-state index in [2.05, 4.69) is 54.8 Å². The lowest BCUT2D eigenvalue weighted by Crippen LogP contribution is -2.30. The van der Waals surface area contributed by atoms with E-state index >= 15 is 0 Å². The number of hydrogen-bond donors (Lipinski definition) is 1. The summed E-state index contributed by atoms with van der Waals surface area (Å²) < 4.78 is 0. The van der Waals surface area contributed by atoms with Crippen molar-refractivity contribution in [2.24, 2.45) is 5.92 Å². The molecule has 1 aromatic rings. The van der Waals surface area contributed by atoms with E-state index in [1.807, 2.05) is 0 Å². The molecule has 4 nitrogen and oxygen atoms in total. The molecule has 1 aromatic heterocycles. The van der Waals surface area contributed by atoms with Gasteiger partial charge in [-0.1, -0.05) is 27.2 Å². The second kappa shape index (κ2) is 7.97. The van der Waals surface area contributed by atoms with Crippen molar-refractivity contribution in [1.29, 1.82) is 0 Å². The fourth-order valence-electron chi connectivity index (χ4n) is 2.19. The standard InChI is InChI=1S/C15H28N4/c1-6-12(5)10-19(9-4)15-13(7-2)14(16-8-3)17-11-18-15/h11-12H,6-10H2,1-5H3,(H,16,17,18). The quantitative estimate of drug-likeness (QED) is 0.782. The molecule has 0 aromatic carbocycles. The second-order valence-electron chi connectivity index (χ2n) is 4.96. The van der Waals surface area contributed by atoms with Crippen molar-refractivity contribution in [3.05, 3.63) is 11.9 Å². The summed E-state index contributed by atoms with van der Waals surface area (Å²) in [4.78, 5) is 11.3. The highest BCUT2D eigenvalue weighted by Crippen LogP contribution is 2.24. The summed E-state index contributed by atoms with van der Waals surface area (Å²) in [5.74, 6) is 2.76. The molecule has 0 spiro atoms. The number of nitrogens with one attached hydrogen (secondary N) is 1. The third kappa shape index (κ3) is 4.08. The van der Waals surface area contributed by atoms with E-state index in [-0.39, 0.29) is 0 Å². The largest absolute Gasteiger partial charge is 0.370 e. The van der Waals surface area contributed by atoms with Crippen molar-refractivity contribution in [2.45, 2.75) is 47.5 Å². The van der Waals surface area contributed by atoms with Gasteiger partial charge in [-0.05, 0) is 26.2 Å². The van der Waals surface area contributed by atoms with Crippen molar-refractivity contribution in [3.63, 3.8) is 0 Å². The maximum Gasteiger partial charge on any atom is 0.137 e. The summed E-state index contributed by atoms with van der Waals surface area (Å²) in [6, 6.07) is 0.